The molecule has 0 spiro atoms. The van der Waals surface area contributed by atoms with Gasteiger partial charge < -0.3 is 50.2 Å². The molecule has 2 aliphatic rings. The number of nitrogen functional groups attached to an aromatic ring is 2. The quantitative estimate of drug-likeness (QED) is 0.0536. The molecule has 6 heterocycles. The maximum absolute atomic E-state index is 6.04. The number of anilines is 2. The van der Waals surface area contributed by atoms with Gasteiger partial charge in [-0.1, -0.05) is 51.2 Å². The molecular weight excluding hydrogens is 1140 g/mol. The summed E-state index contributed by atoms with van der Waals surface area (Å²) < 4.78 is 27.3. The number of fused-ring (bicyclic) bond motifs is 4. The van der Waals surface area contributed by atoms with Gasteiger partial charge in [-0.05, 0) is 85.3 Å². The van der Waals surface area contributed by atoms with Crippen molar-refractivity contribution in [3.05, 3.63) is 46.1 Å². The molecule has 21 heteroatoms. The van der Waals surface area contributed by atoms with Gasteiger partial charge in [0, 0.05) is 69.6 Å². The first-order valence-electron chi connectivity index (χ1n) is 18.3. The smallest absolute Gasteiger partial charge is 0.231 e. The molecule has 8 rings (SSSR count). The first-order valence-corrected chi connectivity index (χ1v) is 21.0. The Kier molecular flexibility index (Phi) is 16.8. The van der Waals surface area contributed by atoms with Crippen LogP contribution in [0, 0.1) is 41.6 Å². The Morgan fingerprint density at radius 3 is 1.60 bits per heavy atom. The molecule has 16 nitrogen and oxygen atoms in total. The van der Waals surface area contributed by atoms with E-state index in [1.165, 1.54) is 12.7 Å². The van der Waals surface area contributed by atoms with Crippen LogP contribution in [0.5, 0.6) is 23.0 Å². The monoisotopic (exact) mass is 1180 g/mol. The van der Waals surface area contributed by atoms with Crippen molar-refractivity contribution in [1.82, 2.24) is 49.7 Å². The Morgan fingerprint density at radius 1 is 0.690 bits per heavy atom. The summed E-state index contributed by atoms with van der Waals surface area (Å²) in [5.41, 5.74) is 16.0. The average molecular weight is 1180 g/mol. The predicted molar refractivity (Wildman–Crippen MR) is 237 cm³/mol. The van der Waals surface area contributed by atoms with Crippen molar-refractivity contribution in [3.8, 4) is 23.0 Å². The van der Waals surface area contributed by atoms with Crippen LogP contribution in [0.4, 0.5) is 11.6 Å². The number of hydrogen-bond donors (Lipinski definition) is 4. The van der Waals surface area contributed by atoms with E-state index < -0.39 is 0 Å². The first-order chi connectivity index (χ1) is 27.0. The number of halogens is 1. The standard InChI is InChI=1S/C19H24N6O2S.C18H21IN6O2S.H3P.U/c1-11(2)21-5-4-6-25-18-16(17(20)22-9-23-18)24-19(25)28-15-8-14-13(7-12(15)3)26-10-27-14;1-10(2)21-4-3-5-25-17-15(16(20)22-8-23-17)24-18(25)28-14-7-13-12(6-11(14)19)26-9-27-13;;/h7-9,11,21H,4-6,10H2,1-3H3,(H2,20,22,23);6-8,10,21H,3-5,9H2,1-2H3,(H2,20,22,23);1H3;. The summed E-state index contributed by atoms with van der Waals surface area (Å²) in [5.74, 6) is 3.86. The zero-order chi connectivity index (χ0) is 39.3. The van der Waals surface area contributed by atoms with Crippen LogP contribution in [0.3, 0.4) is 0 Å². The Labute approximate surface area is 386 Å². The van der Waals surface area contributed by atoms with Gasteiger partial charge in [0.2, 0.25) is 13.6 Å². The van der Waals surface area contributed by atoms with Gasteiger partial charge in [-0.25, -0.2) is 29.9 Å². The second kappa shape index (κ2) is 21.1. The van der Waals surface area contributed by atoms with Crippen molar-refractivity contribution in [1.29, 1.82) is 0 Å². The van der Waals surface area contributed by atoms with E-state index in [-0.39, 0.29) is 54.6 Å². The minimum atomic E-state index is 0. The molecule has 0 radical (unpaired) electrons. The summed E-state index contributed by atoms with van der Waals surface area (Å²) >= 11 is 5.45. The number of rotatable bonds is 14. The van der Waals surface area contributed by atoms with E-state index in [9.17, 15) is 0 Å². The molecule has 0 amide bonds. The Balaban J connectivity index is 0.000000214. The molecule has 58 heavy (non-hydrogen) atoms. The normalized spacial score (nSPS) is 12.6. The fourth-order valence-electron chi connectivity index (χ4n) is 5.99. The second-order valence-electron chi connectivity index (χ2n) is 13.7. The Morgan fingerprint density at radius 2 is 1.12 bits per heavy atom. The molecule has 1 atom stereocenters. The topological polar surface area (TPSA) is 200 Å². The Bertz CT molecular complexity index is 2190. The van der Waals surface area contributed by atoms with Crippen LogP contribution in [-0.4, -0.2) is 77.8 Å². The van der Waals surface area contributed by atoms with Gasteiger partial charge >= 0.3 is 0 Å². The Hall–Kier alpha value is -2.83. The maximum atomic E-state index is 6.04. The zero-order valence-electron chi connectivity index (χ0n) is 33.0. The van der Waals surface area contributed by atoms with Crippen molar-refractivity contribution in [3.63, 3.8) is 0 Å². The molecule has 2 aromatic carbocycles. The zero-order valence-corrected chi connectivity index (χ0v) is 42.4. The first kappa shape index (κ1) is 46.2. The number of hydrogen-bond acceptors (Lipinski definition) is 16. The average Bonchev–Trinajstić information content (AvgIpc) is 3.96. The number of nitrogens with one attached hydrogen (secondary N) is 2. The molecule has 0 aliphatic carbocycles. The summed E-state index contributed by atoms with van der Waals surface area (Å²) in [4.78, 5) is 28.6. The van der Waals surface area contributed by atoms with Crippen LogP contribution in [0.15, 0.2) is 57.0 Å². The molecule has 4 aromatic heterocycles. The van der Waals surface area contributed by atoms with Crippen molar-refractivity contribution in [2.75, 3.05) is 38.1 Å². The van der Waals surface area contributed by atoms with Crippen LogP contribution in [0.1, 0.15) is 46.1 Å². The summed E-state index contributed by atoms with van der Waals surface area (Å²) in [6.45, 7) is 14.6. The molecule has 0 fully saturated rings. The van der Waals surface area contributed by atoms with Crippen molar-refractivity contribution < 1.29 is 50.1 Å². The number of benzene rings is 2. The molecule has 2 aliphatic heterocycles. The minimum Gasteiger partial charge on any atom is -0.454 e. The summed E-state index contributed by atoms with van der Waals surface area (Å²) in [7, 11) is 0. The van der Waals surface area contributed by atoms with Crippen molar-refractivity contribution >= 4 is 90.0 Å². The SMILES string of the molecule is CC(C)NCCCn1c(Sc2cc3c(cc2I)OCO3)nc2c(N)ncnc21.Cc1cc2c(cc1Sc1nc3c(N)ncnc3n1CCCNC(C)C)OCO2.P.[U]. The van der Waals surface area contributed by atoms with Gasteiger partial charge in [0.1, 0.15) is 12.7 Å². The number of aryl methyl sites for hydroxylation is 3. The number of nitrogens with two attached hydrogens (primary N) is 2. The van der Waals surface area contributed by atoms with Crippen LogP contribution < -0.4 is 41.0 Å². The third kappa shape index (κ3) is 10.9. The molecule has 1 unspecified atom stereocenters. The van der Waals surface area contributed by atoms with Crippen LogP contribution in [0.2, 0.25) is 0 Å². The number of imidazole rings is 2. The fraction of sp³-hybridized carbons (Fsp3) is 0.405. The summed E-state index contributed by atoms with van der Waals surface area (Å²) in [5, 5.41) is 8.57. The van der Waals surface area contributed by atoms with Crippen LogP contribution >= 0.6 is 56.0 Å². The van der Waals surface area contributed by atoms with E-state index >= 15 is 0 Å². The molecule has 0 saturated carbocycles. The van der Waals surface area contributed by atoms with Gasteiger partial charge in [0.15, 0.2) is 67.3 Å². The van der Waals surface area contributed by atoms with Crippen molar-refractivity contribution in [2.24, 2.45) is 0 Å². The third-order valence-corrected chi connectivity index (χ3v) is 12.2. The molecule has 308 valence electrons. The van der Waals surface area contributed by atoms with Gasteiger partial charge in [0.05, 0.1) is 0 Å². The van der Waals surface area contributed by atoms with Crippen LogP contribution in [-0.2, 0) is 13.1 Å². The number of ether oxygens (including phenoxy) is 4. The van der Waals surface area contributed by atoms with Crippen LogP contribution in [0.25, 0.3) is 22.3 Å². The van der Waals surface area contributed by atoms with Gasteiger partial charge in [0.25, 0.3) is 0 Å². The molecular formula is C37H48IN12O4PS2U. The third-order valence-electron chi connectivity index (χ3n) is 8.77. The molecule has 6 aromatic rings. The second-order valence-corrected chi connectivity index (χ2v) is 16.9. The summed E-state index contributed by atoms with van der Waals surface area (Å²) in [6, 6.07) is 8.90. The van der Waals surface area contributed by atoms with Gasteiger partial charge in [-0.3, -0.25) is 0 Å². The minimum absolute atomic E-state index is 0. The van der Waals surface area contributed by atoms with E-state index in [1.54, 1.807) is 23.5 Å². The fourth-order valence-corrected chi connectivity index (χ4v) is 8.71. The summed E-state index contributed by atoms with van der Waals surface area (Å²) in [6.07, 6.45) is 4.89. The largest absolute Gasteiger partial charge is 0.454 e. The maximum Gasteiger partial charge on any atom is 0.231 e. The van der Waals surface area contributed by atoms with E-state index in [0.717, 1.165) is 103 Å². The molecule has 6 N–H and O–H groups in total. The van der Waals surface area contributed by atoms with E-state index in [2.05, 4.69) is 96.9 Å². The molecule has 0 saturated heterocycles. The van der Waals surface area contributed by atoms with Gasteiger partial charge in [-0.2, -0.15) is 9.90 Å². The number of aromatic nitrogens is 8. The van der Waals surface area contributed by atoms with E-state index in [4.69, 9.17) is 40.4 Å². The van der Waals surface area contributed by atoms with Gasteiger partial charge in [-0.15, -0.1) is 0 Å². The predicted octanol–water partition coefficient (Wildman–Crippen LogP) is 6.32. The molecule has 0 bridgehead atoms. The van der Waals surface area contributed by atoms with Crippen molar-refractivity contribution in [2.45, 2.75) is 92.7 Å². The van der Waals surface area contributed by atoms with E-state index in [0.29, 0.717) is 34.8 Å². The van der Waals surface area contributed by atoms with E-state index in [1.807, 2.05) is 24.3 Å². The number of nitrogens with zero attached hydrogens (tertiary/aromatic N) is 8.